The standard InChI is InChI=1S/C17H29NO7S/c1-14(19)3-5-22-7-9-24-11-12-25-10-8-23-6-4-18-16(20)13-15(26-2)17(18)21/h15H,3-13H2,1-2H3. The Labute approximate surface area is 158 Å². The normalized spacial score (nSPS) is 17.3. The van der Waals surface area contributed by atoms with Gasteiger partial charge in [-0.2, -0.15) is 11.8 Å². The van der Waals surface area contributed by atoms with Gasteiger partial charge in [-0.15, -0.1) is 0 Å². The number of likely N-dealkylation sites (tertiary alicyclic amines) is 1. The third-order valence-corrected chi connectivity index (χ3v) is 4.60. The fourth-order valence-corrected chi connectivity index (χ4v) is 2.84. The Morgan fingerprint density at radius 3 is 1.92 bits per heavy atom. The highest BCUT2D eigenvalue weighted by Gasteiger charge is 2.37. The van der Waals surface area contributed by atoms with Crippen molar-refractivity contribution in [1.82, 2.24) is 4.90 Å². The molecule has 8 nitrogen and oxygen atoms in total. The van der Waals surface area contributed by atoms with Crippen molar-refractivity contribution in [3.8, 4) is 0 Å². The summed E-state index contributed by atoms with van der Waals surface area (Å²) in [5.74, 6) is -0.134. The smallest absolute Gasteiger partial charge is 0.242 e. The van der Waals surface area contributed by atoms with E-state index >= 15 is 0 Å². The lowest BCUT2D eigenvalue weighted by Gasteiger charge is -2.14. The van der Waals surface area contributed by atoms with Crippen LogP contribution in [0.4, 0.5) is 0 Å². The second kappa shape index (κ2) is 14.1. The minimum absolute atomic E-state index is 0.115. The topological polar surface area (TPSA) is 91.4 Å². The number of carbonyl (C=O) groups is 3. The summed E-state index contributed by atoms with van der Waals surface area (Å²) in [6.45, 7) is 5.24. The van der Waals surface area contributed by atoms with Crippen LogP contribution in [0.5, 0.6) is 0 Å². The van der Waals surface area contributed by atoms with Gasteiger partial charge in [-0.1, -0.05) is 0 Å². The fourth-order valence-electron chi connectivity index (χ4n) is 2.21. The van der Waals surface area contributed by atoms with Crippen molar-refractivity contribution in [3.05, 3.63) is 0 Å². The lowest BCUT2D eigenvalue weighted by atomic mass is 10.3. The van der Waals surface area contributed by atoms with E-state index in [1.54, 1.807) is 0 Å². The van der Waals surface area contributed by atoms with Crippen LogP contribution in [-0.2, 0) is 33.3 Å². The number of imide groups is 1. The first kappa shape index (κ1) is 23.0. The van der Waals surface area contributed by atoms with Crippen molar-refractivity contribution in [3.63, 3.8) is 0 Å². The van der Waals surface area contributed by atoms with Crippen molar-refractivity contribution in [2.75, 3.05) is 65.7 Å². The van der Waals surface area contributed by atoms with Crippen molar-refractivity contribution >= 4 is 29.4 Å². The van der Waals surface area contributed by atoms with Crippen molar-refractivity contribution < 1.29 is 33.3 Å². The Morgan fingerprint density at radius 2 is 1.46 bits per heavy atom. The Balaban J connectivity index is 1.85. The van der Waals surface area contributed by atoms with E-state index < -0.39 is 0 Å². The lowest BCUT2D eigenvalue weighted by molar-refractivity contribution is -0.139. The van der Waals surface area contributed by atoms with Gasteiger partial charge < -0.3 is 18.9 Å². The fraction of sp³-hybridized carbons (Fsp3) is 0.824. The van der Waals surface area contributed by atoms with Gasteiger partial charge in [-0.3, -0.25) is 19.3 Å². The summed E-state index contributed by atoms with van der Waals surface area (Å²) < 4.78 is 21.3. The van der Waals surface area contributed by atoms with Crippen LogP contribution in [0.1, 0.15) is 19.8 Å². The summed E-state index contributed by atoms with van der Waals surface area (Å²) in [6, 6.07) is 0. The van der Waals surface area contributed by atoms with Crippen LogP contribution in [0, 0.1) is 0 Å². The Morgan fingerprint density at radius 1 is 0.962 bits per heavy atom. The van der Waals surface area contributed by atoms with Crippen LogP contribution in [0.15, 0.2) is 0 Å². The maximum atomic E-state index is 11.9. The molecule has 1 aliphatic heterocycles. The highest BCUT2D eigenvalue weighted by molar-refractivity contribution is 8.00. The summed E-state index contributed by atoms with van der Waals surface area (Å²) in [7, 11) is 0. The molecule has 0 radical (unpaired) electrons. The third kappa shape index (κ3) is 9.63. The van der Waals surface area contributed by atoms with E-state index in [-0.39, 0.29) is 29.3 Å². The van der Waals surface area contributed by atoms with Gasteiger partial charge in [0.1, 0.15) is 5.78 Å². The third-order valence-electron chi connectivity index (χ3n) is 3.66. The molecular formula is C17H29NO7S. The van der Waals surface area contributed by atoms with Crippen LogP contribution in [0.3, 0.4) is 0 Å². The number of rotatable bonds is 16. The van der Waals surface area contributed by atoms with Crippen molar-refractivity contribution in [1.29, 1.82) is 0 Å². The molecular weight excluding hydrogens is 362 g/mol. The predicted octanol–water partition coefficient (Wildman–Crippen LogP) is 0.522. The molecule has 0 aliphatic carbocycles. The molecule has 26 heavy (non-hydrogen) atoms. The number of ketones is 1. The first-order valence-corrected chi connectivity index (χ1v) is 10.0. The average Bonchev–Trinajstić information content (AvgIpc) is 2.88. The van der Waals surface area contributed by atoms with E-state index in [1.165, 1.54) is 23.6 Å². The zero-order chi connectivity index (χ0) is 19.2. The van der Waals surface area contributed by atoms with E-state index in [0.29, 0.717) is 65.8 Å². The molecule has 0 N–H and O–H groups in total. The van der Waals surface area contributed by atoms with Crippen LogP contribution in [0.25, 0.3) is 0 Å². The number of hydrogen-bond acceptors (Lipinski definition) is 8. The number of amides is 2. The second-order valence-corrected chi connectivity index (χ2v) is 6.75. The first-order chi connectivity index (χ1) is 12.6. The van der Waals surface area contributed by atoms with Gasteiger partial charge in [0.25, 0.3) is 0 Å². The Hall–Kier alpha value is -1.00. The van der Waals surface area contributed by atoms with Crippen LogP contribution in [0.2, 0.25) is 0 Å². The molecule has 0 aromatic heterocycles. The number of hydrogen-bond donors (Lipinski definition) is 0. The predicted molar refractivity (Wildman–Crippen MR) is 97.2 cm³/mol. The summed E-state index contributed by atoms with van der Waals surface area (Å²) in [5, 5.41) is -0.245. The minimum Gasteiger partial charge on any atom is -0.379 e. The summed E-state index contributed by atoms with van der Waals surface area (Å²) >= 11 is 1.41. The molecule has 1 aliphatic rings. The van der Waals surface area contributed by atoms with Gasteiger partial charge in [0.15, 0.2) is 0 Å². The zero-order valence-corrected chi connectivity index (χ0v) is 16.4. The van der Waals surface area contributed by atoms with Gasteiger partial charge in [-0.25, -0.2) is 0 Å². The van der Waals surface area contributed by atoms with Gasteiger partial charge >= 0.3 is 0 Å². The van der Waals surface area contributed by atoms with Crippen LogP contribution < -0.4 is 0 Å². The summed E-state index contributed by atoms with van der Waals surface area (Å²) in [4.78, 5) is 35.6. The highest BCUT2D eigenvalue weighted by atomic mass is 32.2. The molecule has 1 unspecified atom stereocenters. The molecule has 150 valence electrons. The molecule has 2 amide bonds. The molecule has 0 saturated carbocycles. The number of nitrogens with zero attached hydrogens (tertiary/aromatic N) is 1. The largest absolute Gasteiger partial charge is 0.379 e. The molecule has 9 heteroatoms. The van der Waals surface area contributed by atoms with Gasteiger partial charge in [-0.05, 0) is 13.2 Å². The van der Waals surface area contributed by atoms with Crippen molar-refractivity contribution in [2.24, 2.45) is 0 Å². The minimum atomic E-state index is -0.245. The number of Topliss-reactive ketones (excluding diaryl/α,β-unsaturated/α-hetero) is 1. The number of thioether (sulfide) groups is 1. The van der Waals surface area contributed by atoms with E-state index in [4.69, 9.17) is 18.9 Å². The molecule has 1 saturated heterocycles. The first-order valence-electron chi connectivity index (χ1n) is 8.73. The molecule has 0 aromatic rings. The Bertz CT molecular complexity index is 447. The van der Waals surface area contributed by atoms with E-state index in [0.717, 1.165) is 0 Å². The van der Waals surface area contributed by atoms with Crippen LogP contribution >= 0.6 is 11.8 Å². The van der Waals surface area contributed by atoms with E-state index in [2.05, 4.69) is 0 Å². The van der Waals surface area contributed by atoms with E-state index in [9.17, 15) is 14.4 Å². The number of ether oxygens (including phenoxy) is 4. The highest BCUT2D eigenvalue weighted by Crippen LogP contribution is 2.22. The second-order valence-electron chi connectivity index (χ2n) is 5.71. The lowest BCUT2D eigenvalue weighted by Crippen LogP contribution is -2.34. The maximum absolute atomic E-state index is 11.9. The van der Waals surface area contributed by atoms with E-state index in [1.807, 2.05) is 6.26 Å². The van der Waals surface area contributed by atoms with Gasteiger partial charge in [0.05, 0.1) is 64.6 Å². The number of carbonyl (C=O) groups excluding carboxylic acids is 3. The average molecular weight is 391 g/mol. The van der Waals surface area contributed by atoms with Crippen molar-refractivity contribution in [2.45, 2.75) is 25.0 Å². The van der Waals surface area contributed by atoms with Gasteiger partial charge in [0, 0.05) is 12.8 Å². The monoisotopic (exact) mass is 391 g/mol. The SMILES string of the molecule is CSC1CC(=O)N(CCOCCOCCOCCOCCC(C)=O)C1=O. The molecule has 1 rings (SSSR count). The van der Waals surface area contributed by atoms with Crippen LogP contribution in [-0.4, -0.2) is 93.4 Å². The Kier molecular flexibility index (Phi) is 12.5. The summed E-state index contributed by atoms with van der Waals surface area (Å²) in [6.07, 6.45) is 2.55. The van der Waals surface area contributed by atoms with Gasteiger partial charge in [0.2, 0.25) is 11.8 Å². The molecule has 1 atom stereocenters. The molecule has 0 spiro atoms. The molecule has 1 heterocycles. The maximum Gasteiger partial charge on any atom is 0.242 e. The summed E-state index contributed by atoms with van der Waals surface area (Å²) in [5.41, 5.74) is 0. The molecule has 1 fully saturated rings. The molecule has 0 aromatic carbocycles. The zero-order valence-electron chi connectivity index (χ0n) is 15.6. The molecule has 0 bridgehead atoms. The quantitative estimate of drug-likeness (QED) is 0.278.